The first-order chi connectivity index (χ1) is 10.0. The Morgan fingerprint density at radius 1 is 1.19 bits per heavy atom. The van der Waals surface area contributed by atoms with Crippen molar-refractivity contribution in [2.75, 3.05) is 7.11 Å². The van der Waals surface area contributed by atoms with Gasteiger partial charge in [0.2, 0.25) is 0 Å². The lowest BCUT2D eigenvalue weighted by Crippen LogP contribution is -2.07. The quantitative estimate of drug-likeness (QED) is 0.912. The third-order valence-electron chi connectivity index (χ3n) is 3.37. The topological polar surface area (TPSA) is 44.5 Å². The fourth-order valence-electron chi connectivity index (χ4n) is 2.02. The molecule has 0 aliphatic carbocycles. The second-order valence-corrected chi connectivity index (χ2v) is 5.06. The summed E-state index contributed by atoms with van der Waals surface area (Å²) in [5.74, 6) is 0.946. The predicted molar refractivity (Wildman–Crippen MR) is 81.1 cm³/mol. The molecule has 2 rings (SSSR count). The van der Waals surface area contributed by atoms with E-state index in [-0.39, 0.29) is 11.9 Å². The predicted octanol–water partition coefficient (Wildman–Crippen LogP) is 3.74. The molecule has 0 heterocycles. The molecule has 1 unspecified atom stereocenters. The average Bonchev–Trinajstić information content (AvgIpc) is 2.48. The van der Waals surface area contributed by atoms with Crippen LogP contribution < -0.4 is 15.2 Å². The van der Waals surface area contributed by atoms with Gasteiger partial charge in [0, 0.05) is 17.7 Å². The van der Waals surface area contributed by atoms with Crippen molar-refractivity contribution in [1.82, 2.24) is 0 Å². The lowest BCUT2D eigenvalue weighted by molar-refractivity contribution is 0.295. The number of benzene rings is 2. The van der Waals surface area contributed by atoms with E-state index in [0.717, 1.165) is 16.9 Å². The maximum absolute atomic E-state index is 13.5. The Hall–Kier alpha value is -2.07. The van der Waals surface area contributed by atoms with E-state index < -0.39 is 0 Å². The normalized spacial score (nSPS) is 12.0. The largest absolute Gasteiger partial charge is 0.496 e. The molecule has 112 valence electrons. The van der Waals surface area contributed by atoms with Crippen LogP contribution in [0.2, 0.25) is 0 Å². The van der Waals surface area contributed by atoms with Crippen LogP contribution in [0.15, 0.2) is 36.4 Å². The molecule has 0 bridgehead atoms. The molecular weight excluding hydrogens is 269 g/mol. The molecule has 0 aromatic heterocycles. The van der Waals surface area contributed by atoms with Crippen LogP contribution >= 0.6 is 0 Å². The Morgan fingerprint density at radius 2 is 1.95 bits per heavy atom. The Labute approximate surface area is 124 Å². The highest BCUT2D eigenvalue weighted by molar-refractivity contribution is 5.38. The molecule has 0 spiro atoms. The van der Waals surface area contributed by atoms with Gasteiger partial charge in [-0.2, -0.15) is 0 Å². The SMILES string of the molecule is COc1ccc(C(C)N)cc1COc1ccc(C)c(F)c1. The highest BCUT2D eigenvalue weighted by Crippen LogP contribution is 2.25. The maximum atomic E-state index is 13.5. The zero-order valence-electron chi connectivity index (χ0n) is 12.5. The Bertz CT molecular complexity index is 626. The summed E-state index contributed by atoms with van der Waals surface area (Å²) >= 11 is 0. The van der Waals surface area contributed by atoms with Gasteiger partial charge in [-0.3, -0.25) is 0 Å². The Balaban J connectivity index is 2.17. The van der Waals surface area contributed by atoms with Gasteiger partial charge in [-0.05, 0) is 43.2 Å². The number of aryl methyl sites for hydroxylation is 1. The molecular formula is C17H20FNO2. The monoisotopic (exact) mass is 289 g/mol. The van der Waals surface area contributed by atoms with Crippen molar-refractivity contribution in [2.45, 2.75) is 26.5 Å². The van der Waals surface area contributed by atoms with E-state index >= 15 is 0 Å². The fraction of sp³-hybridized carbons (Fsp3) is 0.294. The number of rotatable bonds is 5. The van der Waals surface area contributed by atoms with Gasteiger partial charge in [-0.25, -0.2) is 4.39 Å². The molecule has 0 radical (unpaired) electrons. The van der Waals surface area contributed by atoms with Crippen LogP contribution in [0, 0.1) is 12.7 Å². The lowest BCUT2D eigenvalue weighted by atomic mass is 10.1. The van der Waals surface area contributed by atoms with Crippen LogP contribution in [-0.4, -0.2) is 7.11 Å². The number of methoxy groups -OCH3 is 1. The first-order valence-corrected chi connectivity index (χ1v) is 6.82. The standard InChI is InChI=1S/C17H20FNO2/c1-11-4-6-15(9-16(11)18)21-10-14-8-13(12(2)19)5-7-17(14)20-3/h4-9,12H,10,19H2,1-3H3. The van der Waals surface area contributed by atoms with E-state index in [9.17, 15) is 4.39 Å². The van der Waals surface area contributed by atoms with Crippen molar-refractivity contribution >= 4 is 0 Å². The van der Waals surface area contributed by atoms with Crippen LogP contribution in [0.5, 0.6) is 11.5 Å². The van der Waals surface area contributed by atoms with Gasteiger partial charge in [0.25, 0.3) is 0 Å². The average molecular weight is 289 g/mol. The minimum absolute atomic E-state index is 0.0634. The summed E-state index contributed by atoms with van der Waals surface area (Å²) in [5, 5.41) is 0. The van der Waals surface area contributed by atoms with Gasteiger partial charge in [0.05, 0.1) is 7.11 Å². The molecule has 0 saturated carbocycles. The summed E-state index contributed by atoms with van der Waals surface area (Å²) in [5.41, 5.74) is 8.37. The van der Waals surface area contributed by atoms with Crippen LogP contribution in [0.4, 0.5) is 4.39 Å². The number of halogens is 1. The van der Waals surface area contributed by atoms with E-state index in [0.29, 0.717) is 17.9 Å². The van der Waals surface area contributed by atoms with Gasteiger partial charge in [-0.1, -0.05) is 12.1 Å². The van der Waals surface area contributed by atoms with E-state index in [1.165, 1.54) is 6.07 Å². The third-order valence-corrected chi connectivity index (χ3v) is 3.37. The van der Waals surface area contributed by atoms with Crippen molar-refractivity contribution in [3.63, 3.8) is 0 Å². The van der Waals surface area contributed by atoms with Gasteiger partial charge in [0.1, 0.15) is 23.9 Å². The Morgan fingerprint density at radius 3 is 2.57 bits per heavy atom. The van der Waals surface area contributed by atoms with Gasteiger partial charge < -0.3 is 15.2 Å². The van der Waals surface area contributed by atoms with Crippen LogP contribution in [-0.2, 0) is 6.61 Å². The van der Waals surface area contributed by atoms with Gasteiger partial charge in [-0.15, -0.1) is 0 Å². The second kappa shape index (κ2) is 6.59. The summed E-state index contributed by atoms with van der Waals surface area (Å²) in [7, 11) is 1.61. The molecule has 0 saturated heterocycles. The minimum atomic E-state index is -0.274. The third kappa shape index (κ3) is 3.73. The summed E-state index contributed by atoms with van der Waals surface area (Å²) < 4.78 is 24.5. The Kier molecular flexibility index (Phi) is 4.81. The first-order valence-electron chi connectivity index (χ1n) is 6.82. The molecule has 4 heteroatoms. The first kappa shape index (κ1) is 15.3. The lowest BCUT2D eigenvalue weighted by Gasteiger charge is -2.14. The summed E-state index contributed by atoms with van der Waals surface area (Å²) in [6.07, 6.45) is 0. The summed E-state index contributed by atoms with van der Waals surface area (Å²) in [4.78, 5) is 0. The number of hydrogen-bond acceptors (Lipinski definition) is 3. The number of ether oxygens (including phenoxy) is 2. The van der Waals surface area contributed by atoms with Crippen LogP contribution in [0.3, 0.4) is 0 Å². The fourth-order valence-corrected chi connectivity index (χ4v) is 2.02. The van der Waals surface area contributed by atoms with Crippen molar-refractivity contribution in [1.29, 1.82) is 0 Å². The molecule has 0 aliphatic heterocycles. The molecule has 21 heavy (non-hydrogen) atoms. The zero-order valence-corrected chi connectivity index (χ0v) is 12.5. The molecule has 2 aromatic carbocycles. The van der Waals surface area contributed by atoms with E-state index in [1.54, 1.807) is 26.2 Å². The van der Waals surface area contributed by atoms with E-state index in [1.807, 2.05) is 25.1 Å². The number of hydrogen-bond donors (Lipinski definition) is 1. The molecule has 0 amide bonds. The molecule has 0 fully saturated rings. The highest BCUT2D eigenvalue weighted by Gasteiger charge is 2.08. The van der Waals surface area contributed by atoms with Crippen molar-refractivity contribution in [3.05, 3.63) is 58.9 Å². The second-order valence-electron chi connectivity index (χ2n) is 5.06. The van der Waals surface area contributed by atoms with Crippen LogP contribution in [0.1, 0.15) is 29.7 Å². The summed E-state index contributed by atoms with van der Waals surface area (Å²) in [6.45, 7) is 3.93. The zero-order chi connectivity index (χ0) is 15.4. The van der Waals surface area contributed by atoms with Gasteiger partial charge >= 0.3 is 0 Å². The minimum Gasteiger partial charge on any atom is -0.496 e. The van der Waals surface area contributed by atoms with E-state index in [2.05, 4.69) is 0 Å². The van der Waals surface area contributed by atoms with Crippen molar-refractivity contribution in [2.24, 2.45) is 5.73 Å². The smallest absolute Gasteiger partial charge is 0.129 e. The maximum Gasteiger partial charge on any atom is 0.129 e. The molecule has 2 N–H and O–H groups in total. The van der Waals surface area contributed by atoms with Crippen molar-refractivity contribution < 1.29 is 13.9 Å². The van der Waals surface area contributed by atoms with E-state index in [4.69, 9.17) is 15.2 Å². The van der Waals surface area contributed by atoms with Crippen LogP contribution in [0.25, 0.3) is 0 Å². The highest BCUT2D eigenvalue weighted by atomic mass is 19.1. The van der Waals surface area contributed by atoms with Crippen molar-refractivity contribution in [3.8, 4) is 11.5 Å². The molecule has 0 aliphatic rings. The van der Waals surface area contributed by atoms with Gasteiger partial charge in [0.15, 0.2) is 0 Å². The summed E-state index contributed by atoms with van der Waals surface area (Å²) in [6, 6.07) is 10.5. The molecule has 2 aromatic rings. The molecule has 1 atom stereocenters. The number of nitrogens with two attached hydrogens (primary N) is 1. The molecule has 3 nitrogen and oxygen atoms in total.